The SMILES string of the molecule is c1ccc(-c2cccc(-c3ccc4c(c3)-c3ccccc3-c3cc(-c5cccc(-c6ccccc6)c5)ccc3O4)c2)cc1. The maximum atomic E-state index is 6.65. The molecule has 1 aliphatic heterocycles. The van der Waals surface area contributed by atoms with Gasteiger partial charge in [-0.3, -0.25) is 0 Å². The lowest BCUT2D eigenvalue weighted by atomic mass is 9.90. The molecule has 7 aromatic carbocycles. The molecule has 0 aromatic heterocycles. The highest BCUT2D eigenvalue weighted by Gasteiger charge is 2.22. The Labute approximate surface area is 252 Å². The summed E-state index contributed by atoms with van der Waals surface area (Å²) in [7, 11) is 0. The van der Waals surface area contributed by atoms with E-state index >= 15 is 0 Å². The molecule has 0 unspecified atom stereocenters. The first-order chi connectivity index (χ1) is 21.3. The highest BCUT2D eigenvalue weighted by atomic mass is 16.5. The van der Waals surface area contributed by atoms with Crippen molar-refractivity contribution in [3.63, 3.8) is 0 Å². The fourth-order valence-corrected chi connectivity index (χ4v) is 6.11. The van der Waals surface area contributed by atoms with Crippen LogP contribution in [0.15, 0.2) is 170 Å². The summed E-state index contributed by atoms with van der Waals surface area (Å²) in [5.41, 5.74) is 14.1. The van der Waals surface area contributed by atoms with Gasteiger partial charge in [0.1, 0.15) is 11.5 Å². The molecule has 1 nitrogen and oxygen atoms in total. The predicted molar refractivity (Wildman–Crippen MR) is 179 cm³/mol. The van der Waals surface area contributed by atoms with E-state index in [2.05, 4.69) is 170 Å². The minimum Gasteiger partial charge on any atom is -0.456 e. The number of benzene rings is 7. The Bertz CT molecular complexity index is 1940. The Kier molecular flexibility index (Phi) is 6.20. The summed E-state index contributed by atoms with van der Waals surface area (Å²) in [6.45, 7) is 0. The average Bonchev–Trinajstić information content (AvgIpc) is 3.23. The van der Waals surface area contributed by atoms with Crippen molar-refractivity contribution < 1.29 is 4.74 Å². The van der Waals surface area contributed by atoms with Gasteiger partial charge in [-0.05, 0) is 92.0 Å². The number of hydrogen-bond donors (Lipinski definition) is 0. The topological polar surface area (TPSA) is 9.23 Å². The van der Waals surface area contributed by atoms with E-state index in [1.165, 1.54) is 55.6 Å². The van der Waals surface area contributed by atoms with Gasteiger partial charge in [-0.1, -0.05) is 133 Å². The summed E-state index contributed by atoms with van der Waals surface area (Å²) >= 11 is 0. The maximum absolute atomic E-state index is 6.65. The summed E-state index contributed by atoms with van der Waals surface area (Å²) in [6, 6.07) is 60.3. The van der Waals surface area contributed by atoms with Crippen LogP contribution in [0.3, 0.4) is 0 Å². The highest BCUT2D eigenvalue weighted by Crippen LogP contribution is 2.48. The first kappa shape index (κ1) is 25.1. The van der Waals surface area contributed by atoms with Gasteiger partial charge in [-0.15, -0.1) is 0 Å². The monoisotopic (exact) mass is 548 g/mol. The summed E-state index contributed by atoms with van der Waals surface area (Å²) < 4.78 is 6.65. The third kappa shape index (κ3) is 4.71. The molecule has 43 heavy (non-hydrogen) atoms. The van der Waals surface area contributed by atoms with Gasteiger partial charge >= 0.3 is 0 Å². The molecule has 0 aliphatic carbocycles. The first-order valence-corrected chi connectivity index (χ1v) is 14.7. The molecule has 202 valence electrons. The van der Waals surface area contributed by atoms with Crippen molar-refractivity contribution >= 4 is 0 Å². The average molecular weight is 549 g/mol. The van der Waals surface area contributed by atoms with E-state index in [4.69, 9.17) is 4.74 Å². The van der Waals surface area contributed by atoms with E-state index in [1.807, 2.05) is 0 Å². The van der Waals surface area contributed by atoms with Crippen molar-refractivity contribution in [2.75, 3.05) is 0 Å². The molecule has 0 spiro atoms. The quantitative estimate of drug-likeness (QED) is 0.212. The van der Waals surface area contributed by atoms with Crippen molar-refractivity contribution in [2.24, 2.45) is 0 Å². The molecule has 7 aromatic rings. The lowest BCUT2D eigenvalue weighted by Gasteiger charge is -2.13. The summed E-state index contributed by atoms with van der Waals surface area (Å²) in [5.74, 6) is 1.74. The molecule has 0 saturated heterocycles. The predicted octanol–water partition coefficient (Wildman–Crippen LogP) is 11.8. The van der Waals surface area contributed by atoms with Crippen molar-refractivity contribution in [1.29, 1.82) is 0 Å². The highest BCUT2D eigenvalue weighted by molar-refractivity contribution is 5.93. The van der Waals surface area contributed by atoms with Gasteiger partial charge in [-0.2, -0.15) is 0 Å². The largest absolute Gasteiger partial charge is 0.456 e. The summed E-state index contributed by atoms with van der Waals surface area (Å²) in [6.07, 6.45) is 0. The molecule has 8 rings (SSSR count). The molecule has 0 amide bonds. The zero-order valence-electron chi connectivity index (χ0n) is 23.6. The molecule has 0 N–H and O–H groups in total. The van der Waals surface area contributed by atoms with Crippen LogP contribution in [0.4, 0.5) is 0 Å². The van der Waals surface area contributed by atoms with Crippen LogP contribution in [0.1, 0.15) is 0 Å². The number of hydrogen-bond acceptors (Lipinski definition) is 1. The van der Waals surface area contributed by atoms with Crippen LogP contribution < -0.4 is 4.74 Å². The second-order valence-electron chi connectivity index (χ2n) is 11.0. The van der Waals surface area contributed by atoms with Crippen molar-refractivity contribution in [3.05, 3.63) is 170 Å². The van der Waals surface area contributed by atoms with Crippen LogP contribution in [0.5, 0.6) is 11.5 Å². The van der Waals surface area contributed by atoms with E-state index in [0.29, 0.717) is 0 Å². The maximum Gasteiger partial charge on any atom is 0.135 e. The van der Waals surface area contributed by atoms with Crippen LogP contribution in [-0.4, -0.2) is 0 Å². The zero-order valence-corrected chi connectivity index (χ0v) is 23.6. The van der Waals surface area contributed by atoms with E-state index < -0.39 is 0 Å². The standard InChI is InChI=1S/C42H28O/c1-3-11-29(12-4-1)31-15-9-17-33(25-31)35-21-23-41-39(27-35)37-19-7-8-20-38(37)40-28-36(22-24-42(40)43-41)34-18-10-16-32(26-34)30-13-5-2-6-14-30/h1-28H. The first-order valence-electron chi connectivity index (χ1n) is 14.7. The second kappa shape index (κ2) is 10.6. The van der Waals surface area contributed by atoms with Gasteiger partial charge in [0.25, 0.3) is 0 Å². The third-order valence-electron chi connectivity index (χ3n) is 8.29. The summed E-state index contributed by atoms with van der Waals surface area (Å²) in [4.78, 5) is 0. The Hall–Kier alpha value is -5.66. The lowest BCUT2D eigenvalue weighted by Crippen LogP contribution is -1.89. The van der Waals surface area contributed by atoms with Gasteiger partial charge in [0.2, 0.25) is 0 Å². The van der Waals surface area contributed by atoms with Gasteiger partial charge in [0.05, 0.1) is 0 Å². The van der Waals surface area contributed by atoms with Crippen molar-refractivity contribution in [2.45, 2.75) is 0 Å². The van der Waals surface area contributed by atoms with Gasteiger partial charge in [0.15, 0.2) is 0 Å². The van der Waals surface area contributed by atoms with Crippen LogP contribution in [0, 0.1) is 0 Å². The minimum absolute atomic E-state index is 0.869. The second-order valence-corrected chi connectivity index (χ2v) is 11.0. The Balaban J connectivity index is 1.21. The zero-order chi connectivity index (χ0) is 28.6. The molecular formula is C42H28O. The Morgan fingerprint density at radius 1 is 0.233 bits per heavy atom. The van der Waals surface area contributed by atoms with E-state index in [9.17, 15) is 0 Å². The minimum atomic E-state index is 0.869. The van der Waals surface area contributed by atoms with Crippen LogP contribution >= 0.6 is 0 Å². The number of fused-ring (bicyclic) bond motifs is 5. The fourth-order valence-electron chi connectivity index (χ4n) is 6.11. The molecule has 0 fully saturated rings. The van der Waals surface area contributed by atoms with E-state index in [1.54, 1.807) is 0 Å². The molecule has 0 atom stereocenters. The summed E-state index contributed by atoms with van der Waals surface area (Å²) in [5, 5.41) is 0. The molecular weight excluding hydrogens is 520 g/mol. The van der Waals surface area contributed by atoms with E-state index in [0.717, 1.165) is 22.6 Å². The van der Waals surface area contributed by atoms with Crippen LogP contribution in [0.25, 0.3) is 66.8 Å². The third-order valence-corrected chi connectivity index (χ3v) is 8.29. The Morgan fingerprint density at radius 3 is 1.02 bits per heavy atom. The smallest absolute Gasteiger partial charge is 0.135 e. The molecule has 0 radical (unpaired) electrons. The molecule has 1 aliphatic rings. The molecule has 1 heterocycles. The van der Waals surface area contributed by atoms with Crippen molar-refractivity contribution in [1.82, 2.24) is 0 Å². The lowest BCUT2D eigenvalue weighted by molar-refractivity contribution is 0.488. The Morgan fingerprint density at radius 2 is 0.581 bits per heavy atom. The van der Waals surface area contributed by atoms with Gasteiger partial charge < -0.3 is 4.74 Å². The van der Waals surface area contributed by atoms with Crippen molar-refractivity contribution in [3.8, 4) is 78.3 Å². The molecule has 1 heteroatoms. The molecule has 0 bridgehead atoms. The van der Waals surface area contributed by atoms with Crippen LogP contribution in [-0.2, 0) is 0 Å². The van der Waals surface area contributed by atoms with Crippen LogP contribution in [0.2, 0.25) is 0 Å². The van der Waals surface area contributed by atoms with Gasteiger partial charge in [0, 0.05) is 11.1 Å². The molecule has 0 saturated carbocycles. The normalized spacial score (nSPS) is 11.4. The number of rotatable bonds is 4. The van der Waals surface area contributed by atoms with E-state index in [-0.39, 0.29) is 0 Å². The van der Waals surface area contributed by atoms with Gasteiger partial charge in [-0.25, -0.2) is 0 Å². The number of ether oxygens (including phenoxy) is 1. The fraction of sp³-hybridized carbons (Fsp3) is 0.